The van der Waals surface area contributed by atoms with E-state index < -0.39 is 11.7 Å². The Balaban J connectivity index is 2.02. The number of hydrogen-bond acceptors (Lipinski definition) is 4. The van der Waals surface area contributed by atoms with Gasteiger partial charge < -0.3 is 9.72 Å². The van der Waals surface area contributed by atoms with E-state index in [1.165, 1.54) is 4.57 Å². The first-order valence-corrected chi connectivity index (χ1v) is 9.23. The zero-order valence-electron chi connectivity index (χ0n) is 16.4. The minimum absolute atomic E-state index is 0.313. The number of nitrogens with one attached hydrogen (secondary N) is 1. The molecule has 0 saturated carbocycles. The Morgan fingerprint density at radius 2 is 1.79 bits per heavy atom. The molecule has 0 aliphatic rings. The first kappa shape index (κ1) is 18.7. The van der Waals surface area contributed by atoms with Crippen LogP contribution in [-0.4, -0.2) is 27.5 Å². The fourth-order valence-corrected chi connectivity index (χ4v) is 3.33. The number of aromatic amines is 1. The summed E-state index contributed by atoms with van der Waals surface area (Å²) in [6, 6.07) is 16.0. The van der Waals surface area contributed by atoms with Gasteiger partial charge in [0.15, 0.2) is 0 Å². The second-order valence-corrected chi connectivity index (χ2v) is 7.88. The van der Waals surface area contributed by atoms with Crippen molar-refractivity contribution in [2.45, 2.75) is 26.4 Å². The summed E-state index contributed by atoms with van der Waals surface area (Å²) in [6.45, 7) is 5.32. The van der Waals surface area contributed by atoms with Gasteiger partial charge in [0.05, 0.1) is 16.8 Å². The summed E-state index contributed by atoms with van der Waals surface area (Å²) in [6.07, 6.45) is 0.104. The van der Waals surface area contributed by atoms with Crippen LogP contribution in [0, 0.1) is 0 Å². The van der Waals surface area contributed by atoms with E-state index in [1.807, 2.05) is 24.3 Å². The predicted octanol–water partition coefficient (Wildman–Crippen LogP) is 4.75. The van der Waals surface area contributed by atoms with Crippen LogP contribution in [0.4, 0.5) is 4.79 Å². The molecule has 0 aliphatic carbocycles. The molecule has 0 atom stereocenters. The van der Waals surface area contributed by atoms with Crippen molar-refractivity contribution in [3.8, 4) is 11.3 Å². The number of H-pyrrole nitrogens is 1. The highest BCUT2D eigenvalue weighted by Gasteiger charge is 2.24. The molecule has 2 heterocycles. The van der Waals surface area contributed by atoms with E-state index in [0.717, 1.165) is 10.8 Å². The third-order valence-corrected chi connectivity index (χ3v) is 4.57. The number of carbonyl (C=O) groups is 2. The van der Waals surface area contributed by atoms with E-state index in [-0.39, 0.29) is 5.56 Å². The number of pyridine rings is 1. The van der Waals surface area contributed by atoms with Crippen molar-refractivity contribution in [2.75, 3.05) is 0 Å². The molecule has 0 fully saturated rings. The molecule has 0 saturated heterocycles. The average Bonchev–Trinajstić information content (AvgIpc) is 3.04. The second-order valence-electron chi connectivity index (χ2n) is 7.88. The molecule has 0 amide bonds. The number of fused-ring (bicyclic) bond motifs is 2. The van der Waals surface area contributed by atoms with E-state index >= 15 is 0 Å². The summed E-state index contributed by atoms with van der Waals surface area (Å²) in [4.78, 5) is 40.0. The van der Waals surface area contributed by atoms with Crippen LogP contribution >= 0.6 is 0 Å². The molecule has 0 bridgehead atoms. The maximum atomic E-state index is 13.0. The summed E-state index contributed by atoms with van der Waals surface area (Å²) < 4.78 is 6.93. The van der Waals surface area contributed by atoms with Crippen molar-refractivity contribution >= 4 is 34.2 Å². The van der Waals surface area contributed by atoms with Crippen molar-refractivity contribution in [1.29, 1.82) is 0 Å². The number of nitrogens with zero attached hydrogens (tertiary/aromatic N) is 1. The monoisotopic (exact) mass is 388 g/mol. The van der Waals surface area contributed by atoms with Crippen molar-refractivity contribution in [3.63, 3.8) is 0 Å². The van der Waals surface area contributed by atoms with E-state index in [4.69, 9.17) is 4.74 Å². The number of hydrogen-bond donors (Lipinski definition) is 1. The zero-order valence-corrected chi connectivity index (χ0v) is 16.4. The lowest BCUT2D eigenvalue weighted by molar-refractivity contribution is 0.0547. The molecule has 0 radical (unpaired) electrons. The lowest BCUT2D eigenvalue weighted by Crippen LogP contribution is -2.28. The number of ether oxygens (including phenoxy) is 1. The van der Waals surface area contributed by atoms with Gasteiger partial charge in [0.2, 0.25) is 0 Å². The molecular weight excluding hydrogens is 368 g/mol. The normalized spacial score (nSPS) is 11.7. The van der Waals surface area contributed by atoms with Crippen LogP contribution in [0.5, 0.6) is 0 Å². The first-order chi connectivity index (χ1) is 13.8. The minimum Gasteiger partial charge on any atom is -0.443 e. The Bertz CT molecular complexity index is 1320. The molecule has 6 heteroatoms. The number of benzene rings is 2. The molecule has 2 aromatic carbocycles. The van der Waals surface area contributed by atoms with Gasteiger partial charge in [-0.25, -0.2) is 9.36 Å². The van der Waals surface area contributed by atoms with E-state index in [0.29, 0.717) is 34.1 Å². The minimum atomic E-state index is -0.719. The summed E-state index contributed by atoms with van der Waals surface area (Å²) in [5, 5.41) is 1.57. The van der Waals surface area contributed by atoms with Crippen LogP contribution in [0.15, 0.2) is 59.4 Å². The SMILES string of the molecule is CC(C)(C)OC(=O)n1c(-c2cc3ccccc3[nH]c2=O)cc2ccc(C=O)cc21. The van der Waals surface area contributed by atoms with Crippen LogP contribution in [0.1, 0.15) is 31.1 Å². The fraction of sp³-hybridized carbons (Fsp3) is 0.174. The van der Waals surface area contributed by atoms with Gasteiger partial charge in [-0.05, 0) is 50.4 Å². The zero-order chi connectivity index (χ0) is 20.8. The van der Waals surface area contributed by atoms with E-state index in [1.54, 1.807) is 51.1 Å². The molecular formula is C23H20N2O4. The number of para-hydroxylation sites is 1. The Morgan fingerprint density at radius 3 is 2.52 bits per heavy atom. The van der Waals surface area contributed by atoms with Crippen LogP contribution < -0.4 is 5.56 Å². The molecule has 2 aromatic heterocycles. The Labute approximate surface area is 166 Å². The number of rotatable bonds is 2. The largest absolute Gasteiger partial charge is 0.443 e. The summed E-state index contributed by atoms with van der Waals surface area (Å²) in [7, 11) is 0. The van der Waals surface area contributed by atoms with Crippen LogP contribution in [0.3, 0.4) is 0 Å². The molecule has 146 valence electrons. The molecule has 0 unspecified atom stereocenters. The van der Waals surface area contributed by atoms with Gasteiger partial charge in [-0.3, -0.25) is 9.59 Å². The molecule has 4 rings (SSSR count). The van der Waals surface area contributed by atoms with Gasteiger partial charge in [-0.2, -0.15) is 0 Å². The average molecular weight is 388 g/mol. The molecule has 29 heavy (non-hydrogen) atoms. The van der Waals surface area contributed by atoms with Crippen LogP contribution in [0.2, 0.25) is 0 Å². The number of aldehydes is 1. The van der Waals surface area contributed by atoms with Gasteiger partial charge in [0, 0.05) is 16.5 Å². The highest BCUT2D eigenvalue weighted by molar-refractivity contribution is 5.99. The van der Waals surface area contributed by atoms with Gasteiger partial charge in [0.1, 0.15) is 11.9 Å². The molecule has 0 spiro atoms. The number of carbonyl (C=O) groups excluding carboxylic acids is 2. The topological polar surface area (TPSA) is 81.2 Å². The molecule has 6 nitrogen and oxygen atoms in total. The van der Waals surface area contributed by atoms with Crippen molar-refractivity contribution in [1.82, 2.24) is 9.55 Å². The highest BCUT2D eigenvalue weighted by atomic mass is 16.6. The van der Waals surface area contributed by atoms with Crippen LogP contribution in [-0.2, 0) is 4.74 Å². The molecule has 0 aliphatic heterocycles. The smallest absolute Gasteiger partial charge is 0.419 e. The van der Waals surface area contributed by atoms with Crippen molar-refractivity contribution in [3.05, 3.63) is 70.5 Å². The number of aromatic nitrogens is 2. The fourth-order valence-electron chi connectivity index (χ4n) is 3.33. The van der Waals surface area contributed by atoms with Crippen LogP contribution in [0.25, 0.3) is 33.1 Å². The first-order valence-electron chi connectivity index (χ1n) is 9.23. The van der Waals surface area contributed by atoms with E-state index in [2.05, 4.69) is 4.98 Å². The molecule has 4 aromatic rings. The summed E-state index contributed by atoms with van der Waals surface area (Å²) in [5.74, 6) is 0. The van der Waals surface area contributed by atoms with Crippen molar-refractivity contribution in [2.24, 2.45) is 0 Å². The Hall–Kier alpha value is -3.67. The third kappa shape index (κ3) is 3.45. The maximum absolute atomic E-state index is 13.0. The summed E-state index contributed by atoms with van der Waals surface area (Å²) >= 11 is 0. The highest BCUT2D eigenvalue weighted by Crippen LogP contribution is 2.29. The van der Waals surface area contributed by atoms with Crippen molar-refractivity contribution < 1.29 is 14.3 Å². The van der Waals surface area contributed by atoms with Gasteiger partial charge in [-0.1, -0.05) is 30.3 Å². The summed E-state index contributed by atoms with van der Waals surface area (Å²) in [5.41, 5.74) is 1.37. The Morgan fingerprint density at radius 1 is 1.03 bits per heavy atom. The molecule has 1 N–H and O–H groups in total. The lowest BCUT2D eigenvalue weighted by Gasteiger charge is -2.21. The van der Waals surface area contributed by atoms with Gasteiger partial charge in [-0.15, -0.1) is 0 Å². The van der Waals surface area contributed by atoms with Gasteiger partial charge in [0.25, 0.3) is 5.56 Å². The maximum Gasteiger partial charge on any atom is 0.419 e. The second kappa shape index (κ2) is 6.74. The standard InChI is InChI=1S/C23H20N2O4/c1-23(2,3)29-22(28)25-19-10-14(13-26)8-9-16(19)12-20(25)17-11-15-6-4-5-7-18(15)24-21(17)27/h4-13H,1-3H3,(H,24,27). The van der Waals surface area contributed by atoms with Gasteiger partial charge >= 0.3 is 6.09 Å². The Kier molecular flexibility index (Phi) is 4.34. The predicted molar refractivity (Wildman–Crippen MR) is 113 cm³/mol. The van der Waals surface area contributed by atoms with E-state index in [9.17, 15) is 14.4 Å². The third-order valence-electron chi connectivity index (χ3n) is 4.57. The quantitative estimate of drug-likeness (QED) is 0.503. The lowest BCUT2D eigenvalue weighted by atomic mass is 10.1.